The Kier molecular flexibility index (Phi) is 3.19. The lowest BCUT2D eigenvalue weighted by molar-refractivity contribution is -0.385. The van der Waals surface area contributed by atoms with Crippen LogP contribution in [0.4, 0.5) is 10.1 Å². The first-order chi connectivity index (χ1) is 8.99. The maximum Gasteiger partial charge on any atom is 0.272 e. The van der Waals surface area contributed by atoms with Gasteiger partial charge in [0.15, 0.2) is 0 Å². The zero-order chi connectivity index (χ0) is 14.0. The van der Waals surface area contributed by atoms with Gasteiger partial charge < -0.3 is 5.73 Å². The fourth-order valence-corrected chi connectivity index (χ4v) is 1.55. The topological polar surface area (TPSA) is 99.1 Å². The van der Waals surface area contributed by atoms with E-state index in [-0.39, 0.29) is 16.9 Å². The van der Waals surface area contributed by atoms with Crippen LogP contribution in [0.2, 0.25) is 0 Å². The molecule has 1 amide bonds. The fraction of sp³-hybridized carbons (Fsp3) is 0. The number of hydrogen-bond donors (Lipinski definition) is 1. The van der Waals surface area contributed by atoms with Gasteiger partial charge >= 0.3 is 0 Å². The Balaban J connectivity index is 2.41. The van der Waals surface area contributed by atoms with Crippen LogP contribution in [0.25, 0.3) is 11.1 Å². The van der Waals surface area contributed by atoms with Gasteiger partial charge in [-0.05, 0) is 12.1 Å². The highest BCUT2D eigenvalue weighted by Gasteiger charge is 2.12. The number of non-ortho nitro benzene ring substituents is 1. The molecule has 0 atom stereocenters. The van der Waals surface area contributed by atoms with Gasteiger partial charge in [-0.3, -0.25) is 19.9 Å². The Morgan fingerprint density at radius 1 is 1.32 bits per heavy atom. The van der Waals surface area contributed by atoms with Gasteiger partial charge in [0.05, 0.1) is 11.0 Å². The van der Waals surface area contributed by atoms with Crippen LogP contribution in [0, 0.1) is 15.9 Å². The van der Waals surface area contributed by atoms with E-state index in [2.05, 4.69) is 4.98 Å². The molecule has 0 aliphatic heterocycles. The van der Waals surface area contributed by atoms with E-state index in [0.29, 0.717) is 5.56 Å². The van der Waals surface area contributed by atoms with Crippen LogP contribution in [-0.4, -0.2) is 15.8 Å². The number of rotatable bonds is 3. The Morgan fingerprint density at radius 2 is 2.05 bits per heavy atom. The molecule has 2 N–H and O–H groups in total. The van der Waals surface area contributed by atoms with E-state index >= 15 is 0 Å². The average molecular weight is 261 g/mol. The van der Waals surface area contributed by atoms with Crippen molar-refractivity contribution in [2.24, 2.45) is 5.73 Å². The molecule has 7 heteroatoms. The third-order valence-corrected chi connectivity index (χ3v) is 2.49. The number of amides is 1. The number of nitro benzene ring substituents is 1. The summed E-state index contributed by atoms with van der Waals surface area (Å²) < 4.78 is 13.7. The van der Waals surface area contributed by atoms with E-state index in [1.54, 1.807) is 0 Å². The minimum Gasteiger partial charge on any atom is -0.364 e. The molecule has 0 unspecified atom stereocenters. The minimum absolute atomic E-state index is 0.0612. The quantitative estimate of drug-likeness (QED) is 0.673. The summed E-state index contributed by atoms with van der Waals surface area (Å²) in [7, 11) is 0. The van der Waals surface area contributed by atoms with Crippen LogP contribution in [0.5, 0.6) is 0 Å². The second kappa shape index (κ2) is 4.81. The predicted octanol–water partition coefficient (Wildman–Crippen LogP) is 1.89. The van der Waals surface area contributed by atoms with Crippen molar-refractivity contribution in [1.29, 1.82) is 0 Å². The Labute approximate surface area is 106 Å². The Morgan fingerprint density at radius 3 is 2.53 bits per heavy atom. The lowest BCUT2D eigenvalue weighted by Crippen LogP contribution is -2.12. The molecule has 1 aromatic heterocycles. The van der Waals surface area contributed by atoms with Gasteiger partial charge in [0, 0.05) is 23.4 Å². The zero-order valence-electron chi connectivity index (χ0n) is 9.54. The third-order valence-electron chi connectivity index (χ3n) is 2.49. The summed E-state index contributed by atoms with van der Waals surface area (Å²) >= 11 is 0. The van der Waals surface area contributed by atoms with Crippen molar-refractivity contribution in [2.45, 2.75) is 0 Å². The number of nitrogens with two attached hydrogens (primary N) is 1. The van der Waals surface area contributed by atoms with Crippen molar-refractivity contribution in [2.75, 3.05) is 0 Å². The second-order valence-corrected chi connectivity index (χ2v) is 3.72. The number of nitrogens with zero attached hydrogens (tertiary/aromatic N) is 2. The highest BCUT2D eigenvalue weighted by Crippen LogP contribution is 2.25. The molecular weight excluding hydrogens is 253 g/mol. The Bertz CT molecular complexity index is 656. The summed E-state index contributed by atoms with van der Waals surface area (Å²) in [5.41, 5.74) is 5.33. The molecular formula is C12H8FN3O3. The molecule has 0 bridgehead atoms. The van der Waals surface area contributed by atoms with Crippen LogP contribution in [-0.2, 0) is 0 Å². The number of pyridine rings is 1. The Hall–Kier alpha value is -2.83. The normalized spacial score (nSPS) is 10.2. The maximum atomic E-state index is 13.7. The summed E-state index contributed by atoms with van der Waals surface area (Å²) in [5, 5.41) is 10.5. The molecule has 0 fully saturated rings. The summed E-state index contributed by atoms with van der Waals surface area (Å²) in [6, 6.07) is 6.14. The van der Waals surface area contributed by atoms with Gasteiger partial charge in [0.2, 0.25) is 0 Å². The van der Waals surface area contributed by atoms with Gasteiger partial charge in [-0.15, -0.1) is 0 Å². The number of benzene rings is 1. The van der Waals surface area contributed by atoms with Crippen LogP contribution in [0.1, 0.15) is 10.5 Å². The average Bonchev–Trinajstić information content (AvgIpc) is 2.38. The number of carbonyl (C=O) groups excluding carboxylic acids is 1. The van der Waals surface area contributed by atoms with Gasteiger partial charge in [0.25, 0.3) is 11.6 Å². The van der Waals surface area contributed by atoms with Gasteiger partial charge in [-0.25, -0.2) is 4.39 Å². The first kappa shape index (κ1) is 12.6. The van der Waals surface area contributed by atoms with E-state index in [0.717, 1.165) is 6.07 Å². The molecule has 1 aromatic carbocycles. The van der Waals surface area contributed by atoms with E-state index < -0.39 is 16.6 Å². The monoisotopic (exact) mass is 261 g/mol. The van der Waals surface area contributed by atoms with Crippen LogP contribution in [0.3, 0.4) is 0 Å². The molecule has 2 aromatic rings. The summed E-state index contributed by atoms with van der Waals surface area (Å²) in [4.78, 5) is 24.4. The fourth-order valence-electron chi connectivity index (χ4n) is 1.55. The van der Waals surface area contributed by atoms with Gasteiger partial charge in [-0.1, -0.05) is 6.07 Å². The number of halogens is 1. The van der Waals surface area contributed by atoms with Crippen LogP contribution < -0.4 is 5.73 Å². The third kappa shape index (κ3) is 2.54. The van der Waals surface area contributed by atoms with Crippen LogP contribution >= 0.6 is 0 Å². The molecule has 6 nitrogen and oxygen atoms in total. The SMILES string of the molecule is NC(=O)c1ccc(-c2ccc([N+](=O)[O-])cc2F)cn1. The molecule has 19 heavy (non-hydrogen) atoms. The number of hydrogen-bond acceptors (Lipinski definition) is 4. The number of nitro groups is 1. The first-order valence-corrected chi connectivity index (χ1v) is 5.19. The maximum absolute atomic E-state index is 13.7. The summed E-state index contributed by atoms with van der Waals surface area (Å²) in [6.45, 7) is 0. The van der Waals surface area contributed by atoms with Crippen LogP contribution in [0.15, 0.2) is 36.5 Å². The molecule has 0 spiro atoms. The molecule has 0 saturated carbocycles. The lowest BCUT2D eigenvalue weighted by Gasteiger charge is -2.03. The molecule has 0 aliphatic carbocycles. The number of carbonyl (C=O) groups is 1. The van der Waals surface area contributed by atoms with Crippen molar-refractivity contribution in [3.63, 3.8) is 0 Å². The molecule has 96 valence electrons. The highest BCUT2D eigenvalue weighted by atomic mass is 19.1. The second-order valence-electron chi connectivity index (χ2n) is 3.72. The summed E-state index contributed by atoms with van der Waals surface area (Å²) in [6.07, 6.45) is 1.28. The number of primary amides is 1. The summed E-state index contributed by atoms with van der Waals surface area (Å²) in [5.74, 6) is -1.42. The molecule has 1 heterocycles. The highest BCUT2D eigenvalue weighted by molar-refractivity contribution is 5.91. The van der Waals surface area contributed by atoms with E-state index in [1.807, 2.05) is 0 Å². The standard InChI is InChI=1S/C12H8FN3O3/c13-10-5-8(16(18)19)2-3-9(10)7-1-4-11(12(14)17)15-6-7/h1-6H,(H2,14,17). The molecule has 0 aliphatic rings. The van der Waals surface area contributed by atoms with Gasteiger partial charge in [0.1, 0.15) is 11.5 Å². The lowest BCUT2D eigenvalue weighted by atomic mass is 10.1. The van der Waals surface area contributed by atoms with Gasteiger partial charge in [-0.2, -0.15) is 0 Å². The first-order valence-electron chi connectivity index (χ1n) is 5.19. The zero-order valence-corrected chi connectivity index (χ0v) is 9.54. The van der Waals surface area contributed by atoms with Crippen molar-refractivity contribution in [3.05, 3.63) is 58.2 Å². The van der Waals surface area contributed by atoms with Crippen molar-refractivity contribution in [1.82, 2.24) is 4.98 Å². The van der Waals surface area contributed by atoms with E-state index in [9.17, 15) is 19.3 Å². The van der Waals surface area contributed by atoms with Crippen molar-refractivity contribution in [3.8, 4) is 11.1 Å². The molecule has 0 radical (unpaired) electrons. The van der Waals surface area contributed by atoms with E-state index in [1.165, 1.54) is 30.5 Å². The number of aromatic nitrogens is 1. The van der Waals surface area contributed by atoms with E-state index in [4.69, 9.17) is 5.73 Å². The van der Waals surface area contributed by atoms with Crippen molar-refractivity contribution >= 4 is 11.6 Å². The molecule has 0 saturated heterocycles. The smallest absolute Gasteiger partial charge is 0.272 e. The van der Waals surface area contributed by atoms with Crippen molar-refractivity contribution < 1.29 is 14.1 Å². The minimum atomic E-state index is -0.733. The largest absolute Gasteiger partial charge is 0.364 e. The predicted molar refractivity (Wildman–Crippen MR) is 64.8 cm³/mol. The molecule has 2 rings (SSSR count).